The standard InChI is InChI=1S/C38H51NO4.C23H27NO8/c1-3-4-5-6-7-8-9-10-11-12-16-19-34(40)42-33-23-21-30-31-26-29-20-22-32(41-27-28-17-14-13-15-18-28)36-35(29)38(30,37(33)43-36)24-25-39(31)2;1-24(2)9-8-13-10-18-22(32-12-31-18)20(29-4)15(13)11-16(25)14-6-7-17(28-3)21(30-5)19(14)23(26)27/h13-15,17-18,20-23,30-31,33,37H,3-12,16,19,24-27H2,1-2H3;6-7,10H,8-9,11-12H2,1-5H3,(H,26,27)/t30-,31+,33-,37-,38-;/m0./s1. The Kier molecular flexibility index (Phi) is 18.7. The molecule has 14 nitrogen and oxygen atoms in total. The van der Waals surface area contributed by atoms with E-state index >= 15 is 0 Å². The van der Waals surface area contributed by atoms with Crippen molar-refractivity contribution < 1.29 is 57.4 Å². The van der Waals surface area contributed by atoms with Crippen LogP contribution >= 0.6 is 0 Å². The highest BCUT2D eigenvalue weighted by Crippen LogP contribution is 2.63. The Morgan fingerprint density at radius 2 is 1.52 bits per heavy atom. The zero-order valence-electron chi connectivity index (χ0n) is 45.2. The van der Waals surface area contributed by atoms with E-state index in [0.29, 0.717) is 54.2 Å². The molecule has 3 heterocycles. The van der Waals surface area contributed by atoms with Crippen LogP contribution < -0.4 is 33.2 Å². The topological polar surface area (TPSA) is 152 Å². The number of likely N-dealkylation sites (tertiary alicyclic amines) is 1. The first-order chi connectivity index (χ1) is 36.4. The number of unbranched alkanes of at least 4 members (excludes halogenated alkanes) is 10. The van der Waals surface area contributed by atoms with E-state index in [1.54, 1.807) is 0 Å². The van der Waals surface area contributed by atoms with Crippen molar-refractivity contribution in [3.05, 3.63) is 112 Å². The number of carboxylic acids is 1. The lowest BCUT2D eigenvalue weighted by Gasteiger charge is -2.56. The van der Waals surface area contributed by atoms with Gasteiger partial charge in [-0.2, -0.15) is 0 Å². The maximum Gasteiger partial charge on any atom is 0.340 e. The van der Waals surface area contributed by atoms with Gasteiger partial charge in [-0.15, -0.1) is 0 Å². The third-order valence-electron chi connectivity index (χ3n) is 15.8. The summed E-state index contributed by atoms with van der Waals surface area (Å²) in [7, 11) is 10.4. The smallest absolute Gasteiger partial charge is 0.340 e. The number of rotatable bonds is 26. The number of hydrogen-bond acceptors (Lipinski definition) is 13. The molecule has 2 bridgehead atoms. The van der Waals surface area contributed by atoms with Crippen LogP contribution in [0, 0.1) is 5.92 Å². The number of hydrogen-bond donors (Lipinski definition) is 1. The monoisotopic (exact) mass is 1030 g/mol. The molecule has 4 aromatic carbocycles. The molecule has 2 aliphatic carbocycles. The number of piperidine rings is 1. The number of carbonyl (C=O) groups is 3. The van der Waals surface area contributed by atoms with Gasteiger partial charge in [-0.25, -0.2) is 4.79 Å². The summed E-state index contributed by atoms with van der Waals surface area (Å²) < 4.78 is 46.6. The van der Waals surface area contributed by atoms with Crippen LogP contribution in [-0.2, 0) is 40.8 Å². The lowest BCUT2D eigenvalue weighted by Crippen LogP contribution is -2.65. The van der Waals surface area contributed by atoms with Gasteiger partial charge in [-0.3, -0.25) is 9.59 Å². The SMILES string of the molecule is CCCCCCCCCCCCCC(=O)O[C@H]1C=C[C@H]2[C@H]3Cc4ccc(OCc5ccccc5)c5c4[C@@]2(CCN3C)[C@H]1O5.COc1ccc(C(=O)Cc2c(CCN(C)C)cc3c(c2OC)OCO3)c(C(=O)O)c1OC. The van der Waals surface area contributed by atoms with Crippen LogP contribution in [0.25, 0.3) is 0 Å². The summed E-state index contributed by atoms with van der Waals surface area (Å²) in [5.74, 6) is 1.89. The third kappa shape index (κ3) is 12.1. The van der Waals surface area contributed by atoms with E-state index in [2.05, 4.69) is 55.3 Å². The third-order valence-corrected chi connectivity index (χ3v) is 15.8. The molecule has 0 saturated carbocycles. The lowest BCUT2D eigenvalue weighted by molar-refractivity contribution is -0.155. The molecule has 4 aromatic rings. The number of methoxy groups -OCH3 is 3. The fraction of sp³-hybridized carbons (Fsp3) is 0.525. The number of benzene rings is 4. The number of Topliss-reactive ketones (excluding diaryl/α,β-unsaturated/α-hetero) is 1. The van der Waals surface area contributed by atoms with Gasteiger partial charge < -0.3 is 52.8 Å². The molecule has 404 valence electrons. The van der Waals surface area contributed by atoms with Gasteiger partial charge in [0.15, 0.2) is 46.4 Å². The van der Waals surface area contributed by atoms with Gasteiger partial charge in [-0.1, -0.05) is 114 Å². The van der Waals surface area contributed by atoms with Crippen molar-refractivity contribution in [1.82, 2.24) is 9.80 Å². The Labute approximate surface area is 443 Å². The predicted molar refractivity (Wildman–Crippen MR) is 288 cm³/mol. The van der Waals surface area contributed by atoms with E-state index in [1.807, 2.05) is 43.3 Å². The molecule has 14 heteroatoms. The van der Waals surface area contributed by atoms with E-state index in [-0.39, 0.29) is 59.4 Å². The highest BCUT2D eigenvalue weighted by molar-refractivity contribution is 6.09. The fourth-order valence-corrected chi connectivity index (χ4v) is 12.0. The molecule has 1 N–H and O–H groups in total. The summed E-state index contributed by atoms with van der Waals surface area (Å²) >= 11 is 0. The summed E-state index contributed by atoms with van der Waals surface area (Å²) in [4.78, 5) is 43.0. The largest absolute Gasteiger partial charge is 0.493 e. The predicted octanol–water partition coefficient (Wildman–Crippen LogP) is 11.0. The molecular weight excluding hydrogens is 953 g/mol. The average molecular weight is 1030 g/mol. The number of ether oxygens (including phenoxy) is 8. The molecule has 5 aliphatic rings. The first kappa shape index (κ1) is 55.0. The molecule has 1 spiro atoms. The Hall–Kier alpha value is -6.25. The van der Waals surface area contributed by atoms with Crippen molar-refractivity contribution in [1.29, 1.82) is 0 Å². The number of likely N-dealkylation sites (N-methyl/N-ethyl adjacent to an activating group) is 2. The molecule has 1 saturated heterocycles. The Morgan fingerprint density at radius 3 is 2.20 bits per heavy atom. The van der Waals surface area contributed by atoms with Crippen molar-refractivity contribution in [2.24, 2.45) is 5.92 Å². The summed E-state index contributed by atoms with van der Waals surface area (Å²) in [5.41, 5.74) is 4.91. The number of esters is 1. The van der Waals surface area contributed by atoms with Crippen LogP contribution in [0.2, 0.25) is 0 Å². The fourth-order valence-electron chi connectivity index (χ4n) is 12.0. The van der Waals surface area contributed by atoms with E-state index in [1.165, 1.54) is 102 Å². The van der Waals surface area contributed by atoms with Crippen LogP contribution in [-0.4, -0.2) is 113 Å². The quantitative estimate of drug-likeness (QED) is 0.0275. The van der Waals surface area contributed by atoms with Crippen LogP contribution in [0.15, 0.2) is 72.8 Å². The Morgan fingerprint density at radius 1 is 0.813 bits per heavy atom. The zero-order valence-corrected chi connectivity index (χ0v) is 45.2. The normalized spacial score (nSPS) is 20.4. The second kappa shape index (κ2) is 25.5. The first-order valence-electron chi connectivity index (χ1n) is 27.2. The van der Waals surface area contributed by atoms with Crippen LogP contribution in [0.4, 0.5) is 0 Å². The average Bonchev–Trinajstić information content (AvgIpc) is 4.11. The van der Waals surface area contributed by atoms with Crippen molar-refractivity contribution in [2.75, 3.05) is 62.4 Å². The minimum atomic E-state index is -1.28. The second-order valence-corrected chi connectivity index (χ2v) is 20.9. The minimum Gasteiger partial charge on any atom is -0.493 e. The lowest BCUT2D eigenvalue weighted by atomic mass is 9.53. The van der Waals surface area contributed by atoms with Crippen molar-refractivity contribution in [3.63, 3.8) is 0 Å². The molecule has 0 amide bonds. The maximum absolute atomic E-state index is 13.4. The Bertz CT molecular complexity index is 2650. The van der Waals surface area contributed by atoms with Crippen molar-refractivity contribution in [2.45, 2.75) is 140 Å². The van der Waals surface area contributed by atoms with Gasteiger partial charge in [0.2, 0.25) is 12.5 Å². The summed E-state index contributed by atoms with van der Waals surface area (Å²) in [6, 6.07) is 19.8. The van der Waals surface area contributed by atoms with Crippen molar-refractivity contribution in [3.8, 4) is 40.2 Å². The summed E-state index contributed by atoms with van der Waals surface area (Å²) in [5, 5.41) is 9.79. The molecule has 9 rings (SSSR count). The molecular formula is C61H78N2O12. The van der Waals surface area contributed by atoms with Crippen LogP contribution in [0.3, 0.4) is 0 Å². The number of carboxylic acid groups (broad SMARTS) is 1. The highest BCUT2D eigenvalue weighted by Gasteiger charge is 2.65. The van der Waals surface area contributed by atoms with Gasteiger partial charge in [0, 0.05) is 53.5 Å². The van der Waals surface area contributed by atoms with E-state index in [0.717, 1.165) is 61.4 Å². The number of aromatic carboxylic acids is 1. The van der Waals surface area contributed by atoms with Crippen LogP contribution in [0.1, 0.15) is 139 Å². The van der Waals surface area contributed by atoms with Gasteiger partial charge in [0.25, 0.3) is 0 Å². The van der Waals surface area contributed by atoms with Crippen LogP contribution in [0.5, 0.6) is 40.2 Å². The van der Waals surface area contributed by atoms with Gasteiger partial charge in [0.1, 0.15) is 18.3 Å². The van der Waals surface area contributed by atoms with E-state index in [9.17, 15) is 19.5 Å². The molecule has 5 atom stereocenters. The number of ketones is 1. The van der Waals surface area contributed by atoms with E-state index < -0.39 is 11.8 Å². The minimum absolute atomic E-state index is 0.00340. The van der Waals surface area contributed by atoms with E-state index in [4.69, 9.17) is 37.9 Å². The number of nitrogens with zero attached hydrogens (tertiary/aromatic N) is 2. The molecule has 0 radical (unpaired) electrons. The highest BCUT2D eigenvalue weighted by atomic mass is 16.7. The zero-order chi connectivity index (χ0) is 53.1. The molecule has 3 aliphatic heterocycles. The number of fused-ring (bicyclic) bond motifs is 1. The maximum atomic E-state index is 13.4. The van der Waals surface area contributed by atoms with Gasteiger partial charge in [-0.05, 0) is 100 Å². The second-order valence-electron chi connectivity index (χ2n) is 20.9. The molecule has 0 aromatic heterocycles. The molecule has 75 heavy (non-hydrogen) atoms. The molecule has 0 unspecified atom stereocenters. The van der Waals surface area contributed by atoms with Crippen molar-refractivity contribution >= 4 is 17.7 Å². The number of carbonyl (C=O) groups excluding carboxylic acids is 2. The first-order valence-corrected chi connectivity index (χ1v) is 27.2. The van der Waals surface area contributed by atoms with Gasteiger partial charge >= 0.3 is 11.9 Å². The Balaban J connectivity index is 0.000000209. The molecule has 1 fully saturated rings. The summed E-state index contributed by atoms with van der Waals surface area (Å²) in [6.07, 6.45) is 20.9. The van der Waals surface area contributed by atoms with Gasteiger partial charge in [0.05, 0.1) is 21.3 Å². The summed E-state index contributed by atoms with van der Waals surface area (Å²) in [6.45, 7) is 4.59.